The van der Waals surface area contributed by atoms with Crippen molar-refractivity contribution in [3.05, 3.63) is 23.0 Å². The van der Waals surface area contributed by atoms with E-state index in [9.17, 15) is 9.90 Å². The van der Waals surface area contributed by atoms with Crippen LogP contribution in [0.5, 0.6) is 0 Å². The maximum atomic E-state index is 12.3. The summed E-state index contributed by atoms with van der Waals surface area (Å²) in [6, 6.07) is 3.11. The second-order valence-electron chi connectivity index (χ2n) is 4.73. The Hall–Kier alpha value is -1.41. The fourth-order valence-corrected chi connectivity index (χ4v) is 2.25. The number of methoxy groups -OCH3 is 1. The molecule has 21 heavy (non-hydrogen) atoms. The number of carbonyl (C=O) groups is 1. The number of aryl methyl sites for hydroxylation is 1. The Labute approximate surface area is 127 Å². The number of urea groups is 1. The summed E-state index contributed by atoms with van der Waals surface area (Å²) in [7, 11) is 1.49. The number of aliphatic hydroxyl groups is 1. The number of halogens is 1. The Morgan fingerprint density at radius 3 is 3.00 bits per heavy atom. The fourth-order valence-electron chi connectivity index (χ4n) is 2.01. The van der Waals surface area contributed by atoms with E-state index in [0.29, 0.717) is 5.69 Å². The molecule has 116 valence electrons. The van der Waals surface area contributed by atoms with E-state index in [4.69, 9.17) is 21.1 Å². The lowest BCUT2D eigenvalue weighted by Gasteiger charge is -2.36. The summed E-state index contributed by atoms with van der Waals surface area (Å²) in [5.41, 5.74) is 1.21. The molecule has 1 aromatic rings. The maximum Gasteiger partial charge on any atom is 0.322 e. The van der Waals surface area contributed by atoms with Gasteiger partial charge in [-0.3, -0.25) is 0 Å². The highest BCUT2D eigenvalue weighted by molar-refractivity contribution is 6.32. The first-order valence-corrected chi connectivity index (χ1v) is 6.89. The van der Waals surface area contributed by atoms with E-state index in [1.807, 2.05) is 6.92 Å². The zero-order valence-corrected chi connectivity index (χ0v) is 12.6. The average molecular weight is 316 g/mol. The number of morpholine rings is 1. The van der Waals surface area contributed by atoms with Crippen molar-refractivity contribution >= 4 is 23.3 Å². The molecule has 1 aromatic heterocycles. The van der Waals surface area contributed by atoms with Crippen molar-refractivity contribution in [2.24, 2.45) is 0 Å². The Balaban J connectivity index is 2.04. The molecule has 7 nitrogen and oxygen atoms in total. The van der Waals surface area contributed by atoms with Crippen LogP contribution in [0.2, 0.25) is 5.15 Å². The lowest BCUT2D eigenvalue weighted by molar-refractivity contribution is -0.197. The Morgan fingerprint density at radius 2 is 2.38 bits per heavy atom. The molecule has 1 saturated heterocycles. The molecule has 1 aliphatic heterocycles. The van der Waals surface area contributed by atoms with Gasteiger partial charge in [0.2, 0.25) is 0 Å². The van der Waals surface area contributed by atoms with E-state index in [2.05, 4.69) is 10.3 Å². The molecule has 0 bridgehead atoms. The predicted molar refractivity (Wildman–Crippen MR) is 77.3 cm³/mol. The van der Waals surface area contributed by atoms with Gasteiger partial charge >= 0.3 is 6.03 Å². The number of aliphatic hydroxyl groups excluding tert-OH is 1. The van der Waals surface area contributed by atoms with Crippen LogP contribution in [0.3, 0.4) is 0 Å². The number of nitrogens with zero attached hydrogens (tertiary/aromatic N) is 2. The molecule has 0 saturated carbocycles. The second kappa shape index (κ2) is 7.04. The normalized spacial score (nSPS) is 22.2. The Morgan fingerprint density at radius 1 is 1.62 bits per heavy atom. The molecular formula is C13H18ClN3O4. The molecular weight excluding hydrogens is 298 g/mol. The van der Waals surface area contributed by atoms with Crippen molar-refractivity contribution in [3.63, 3.8) is 0 Å². The first-order valence-electron chi connectivity index (χ1n) is 6.51. The topological polar surface area (TPSA) is 83.9 Å². The second-order valence-corrected chi connectivity index (χ2v) is 5.09. The zero-order chi connectivity index (χ0) is 15.4. The number of amides is 2. The molecule has 2 heterocycles. The highest BCUT2D eigenvalue weighted by Gasteiger charge is 2.30. The van der Waals surface area contributed by atoms with Crippen LogP contribution in [0.15, 0.2) is 12.1 Å². The van der Waals surface area contributed by atoms with Crippen LogP contribution in [-0.4, -0.2) is 60.2 Å². The highest BCUT2D eigenvalue weighted by Crippen LogP contribution is 2.20. The number of carbonyl (C=O) groups excluding carboxylic acids is 1. The number of aromatic nitrogens is 1. The third kappa shape index (κ3) is 4.04. The van der Waals surface area contributed by atoms with Gasteiger partial charge in [0.25, 0.3) is 0 Å². The van der Waals surface area contributed by atoms with Crippen molar-refractivity contribution in [2.75, 3.05) is 32.1 Å². The SMILES string of the molecule is CO[C@@H]1CN(C(=O)Nc2ccc(C)nc2Cl)C[C@@H](CO)O1. The van der Waals surface area contributed by atoms with E-state index < -0.39 is 12.4 Å². The van der Waals surface area contributed by atoms with Gasteiger partial charge in [-0.2, -0.15) is 0 Å². The lowest BCUT2D eigenvalue weighted by atomic mass is 10.3. The number of hydrogen-bond donors (Lipinski definition) is 2. The monoisotopic (exact) mass is 315 g/mol. The summed E-state index contributed by atoms with van der Waals surface area (Å²) >= 11 is 5.99. The van der Waals surface area contributed by atoms with Gasteiger partial charge in [0.05, 0.1) is 25.4 Å². The minimum absolute atomic E-state index is 0.184. The van der Waals surface area contributed by atoms with Gasteiger partial charge in [0.15, 0.2) is 11.4 Å². The van der Waals surface area contributed by atoms with E-state index >= 15 is 0 Å². The van der Waals surface area contributed by atoms with Crippen LogP contribution in [0, 0.1) is 6.92 Å². The van der Waals surface area contributed by atoms with Crippen LogP contribution in [0.1, 0.15) is 5.69 Å². The molecule has 2 amide bonds. The van der Waals surface area contributed by atoms with Gasteiger partial charge in [-0.15, -0.1) is 0 Å². The van der Waals surface area contributed by atoms with E-state index in [0.717, 1.165) is 5.69 Å². The molecule has 0 aliphatic carbocycles. The summed E-state index contributed by atoms with van der Waals surface area (Å²) in [5.74, 6) is 0. The molecule has 2 atom stereocenters. The van der Waals surface area contributed by atoms with E-state index in [1.165, 1.54) is 12.0 Å². The van der Waals surface area contributed by atoms with Crippen molar-refractivity contribution in [1.82, 2.24) is 9.88 Å². The minimum Gasteiger partial charge on any atom is -0.394 e. The van der Waals surface area contributed by atoms with Gasteiger partial charge in [-0.1, -0.05) is 11.6 Å². The molecule has 8 heteroatoms. The number of rotatable bonds is 3. The van der Waals surface area contributed by atoms with Crippen LogP contribution in [0.25, 0.3) is 0 Å². The minimum atomic E-state index is -0.562. The number of nitrogens with one attached hydrogen (secondary N) is 1. The molecule has 0 unspecified atom stereocenters. The molecule has 1 aliphatic rings. The Bertz CT molecular complexity index is 502. The van der Waals surface area contributed by atoms with Crippen molar-refractivity contribution in [2.45, 2.75) is 19.3 Å². The van der Waals surface area contributed by atoms with Gasteiger partial charge in [0, 0.05) is 12.8 Å². The number of hydrogen-bond acceptors (Lipinski definition) is 5. The fraction of sp³-hybridized carbons (Fsp3) is 0.538. The first-order chi connectivity index (χ1) is 10.0. The summed E-state index contributed by atoms with van der Waals surface area (Å²) in [6.07, 6.45) is -1.03. The maximum absolute atomic E-state index is 12.3. The number of ether oxygens (including phenoxy) is 2. The van der Waals surface area contributed by atoms with Gasteiger partial charge in [-0.25, -0.2) is 9.78 Å². The summed E-state index contributed by atoms with van der Waals surface area (Å²) in [6.45, 7) is 2.18. The molecule has 2 rings (SSSR count). The number of anilines is 1. The largest absolute Gasteiger partial charge is 0.394 e. The number of pyridine rings is 1. The lowest BCUT2D eigenvalue weighted by Crippen LogP contribution is -2.52. The molecule has 0 radical (unpaired) electrons. The molecule has 2 N–H and O–H groups in total. The quantitative estimate of drug-likeness (QED) is 0.820. The van der Waals surface area contributed by atoms with E-state index in [-0.39, 0.29) is 30.9 Å². The van der Waals surface area contributed by atoms with Gasteiger partial charge in [-0.05, 0) is 19.1 Å². The summed E-state index contributed by atoms with van der Waals surface area (Å²) < 4.78 is 10.5. The molecule has 1 fully saturated rings. The third-order valence-corrected chi connectivity index (χ3v) is 3.41. The predicted octanol–water partition coefficient (Wildman–Crippen LogP) is 1.24. The summed E-state index contributed by atoms with van der Waals surface area (Å²) in [5, 5.41) is 12.1. The smallest absolute Gasteiger partial charge is 0.322 e. The highest BCUT2D eigenvalue weighted by atomic mass is 35.5. The molecule has 0 aromatic carbocycles. The van der Waals surface area contributed by atoms with E-state index in [1.54, 1.807) is 12.1 Å². The first kappa shape index (κ1) is 16.0. The van der Waals surface area contributed by atoms with Crippen molar-refractivity contribution in [1.29, 1.82) is 0 Å². The molecule has 0 spiro atoms. The van der Waals surface area contributed by atoms with Gasteiger partial charge < -0.3 is 24.8 Å². The van der Waals surface area contributed by atoms with Crippen molar-refractivity contribution in [3.8, 4) is 0 Å². The summed E-state index contributed by atoms with van der Waals surface area (Å²) in [4.78, 5) is 17.8. The zero-order valence-electron chi connectivity index (χ0n) is 11.9. The van der Waals surface area contributed by atoms with Crippen LogP contribution in [-0.2, 0) is 9.47 Å². The van der Waals surface area contributed by atoms with Crippen LogP contribution in [0.4, 0.5) is 10.5 Å². The standard InChI is InChI=1S/C13H18ClN3O4/c1-8-3-4-10(12(14)15-8)16-13(19)17-5-9(7-18)21-11(6-17)20-2/h3-4,9,11,18H,5-7H2,1-2H3,(H,16,19)/t9-,11-/m0/s1. The van der Waals surface area contributed by atoms with Crippen LogP contribution < -0.4 is 5.32 Å². The Kier molecular flexibility index (Phi) is 5.35. The van der Waals surface area contributed by atoms with Crippen LogP contribution >= 0.6 is 11.6 Å². The third-order valence-electron chi connectivity index (χ3n) is 3.12. The van der Waals surface area contributed by atoms with Gasteiger partial charge in [0.1, 0.15) is 6.10 Å². The average Bonchev–Trinajstić information content (AvgIpc) is 2.49. The van der Waals surface area contributed by atoms with Crippen molar-refractivity contribution < 1.29 is 19.4 Å².